The molecule has 20 heavy (non-hydrogen) atoms. The predicted molar refractivity (Wildman–Crippen MR) is 88.6 cm³/mol. The summed E-state index contributed by atoms with van der Waals surface area (Å²) < 4.78 is 1.08. The van der Waals surface area contributed by atoms with E-state index in [0.29, 0.717) is 12.1 Å². The Morgan fingerprint density at radius 1 is 1.20 bits per heavy atom. The lowest BCUT2D eigenvalue weighted by molar-refractivity contribution is -0.123. The predicted octanol–water partition coefficient (Wildman–Crippen LogP) is 2.67. The van der Waals surface area contributed by atoms with E-state index in [1.807, 2.05) is 39.8 Å². The number of halogens is 1. The molecule has 0 atom stereocenters. The number of nitrogens with one attached hydrogen (secondary N) is 1. The van der Waals surface area contributed by atoms with Crippen LogP contribution in [0.15, 0.2) is 24.3 Å². The highest BCUT2D eigenvalue weighted by Crippen LogP contribution is 2.09. The molecule has 0 bridgehead atoms. The number of carbonyl (C=O) groups excluding carboxylic acids is 2. The van der Waals surface area contributed by atoms with Crippen LogP contribution in [0.5, 0.6) is 0 Å². The Morgan fingerprint density at radius 3 is 2.20 bits per heavy atom. The Morgan fingerprint density at radius 2 is 1.75 bits per heavy atom. The highest BCUT2D eigenvalue weighted by Gasteiger charge is 2.20. The van der Waals surface area contributed by atoms with Crippen molar-refractivity contribution in [3.8, 4) is 0 Å². The van der Waals surface area contributed by atoms with Crippen molar-refractivity contribution in [2.75, 3.05) is 13.1 Å². The van der Waals surface area contributed by atoms with Crippen molar-refractivity contribution in [3.05, 3.63) is 33.4 Å². The molecule has 0 aromatic heterocycles. The van der Waals surface area contributed by atoms with Gasteiger partial charge in [-0.25, -0.2) is 0 Å². The number of rotatable bonds is 4. The third kappa shape index (κ3) is 5.48. The Labute approximate surface area is 134 Å². The second-order valence-electron chi connectivity index (χ2n) is 5.62. The molecule has 1 rings (SSSR count). The summed E-state index contributed by atoms with van der Waals surface area (Å²) in [5, 5.41) is 2.87. The van der Waals surface area contributed by atoms with Gasteiger partial charge in [0, 0.05) is 21.2 Å². The van der Waals surface area contributed by atoms with Gasteiger partial charge in [0.2, 0.25) is 5.91 Å². The highest BCUT2D eigenvalue weighted by molar-refractivity contribution is 14.1. The van der Waals surface area contributed by atoms with Crippen molar-refractivity contribution in [3.63, 3.8) is 0 Å². The Hall–Kier alpha value is -1.11. The van der Waals surface area contributed by atoms with Crippen molar-refractivity contribution in [2.45, 2.75) is 33.2 Å². The van der Waals surface area contributed by atoms with E-state index in [9.17, 15) is 9.59 Å². The molecule has 0 saturated heterocycles. The summed E-state index contributed by atoms with van der Waals surface area (Å²) >= 11 is 2.19. The van der Waals surface area contributed by atoms with Crippen LogP contribution in [-0.4, -0.2) is 35.3 Å². The molecular weight excluding hydrogens is 367 g/mol. The lowest BCUT2D eigenvalue weighted by atomic mass is 10.1. The maximum absolute atomic E-state index is 12.3. The third-order valence-electron chi connectivity index (χ3n) is 2.61. The number of amides is 2. The maximum atomic E-state index is 12.3. The zero-order valence-electron chi connectivity index (χ0n) is 12.4. The van der Waals surface area contributed by atoms with E-state index < -0.39 is 0 Å². The van der Waals surface area contributed by atoms with Gasteiger partial charge >= 0.3 is 0 Å². The van der Waals surface area contributed by atoms with E-state index in [0.717, 1.165) is 3.57 Å². The molecule has 0 saturated carbocycles. The fourth-order valence-electron chi connectivity index (χ4n) is 1.73. The second-order valence-corrected chi connectivity index (χ2v) is 6.87. The van der Waals surface area contributed by atoms with Gasteiger partial charge < -0.3 is 10.2 Å². The molecule has 1 aromatic rings. The zero-order chi connectivity index (χ0) is 15.3. The number of hydrogen-bond donors (Lipinski definition) is 1. The van der Waals surface area contributed by atoms with Crippen LogP contribution in [0.1, 0.15) is 38.1 Å². The van der Waals surface area contributed by atoms with Gasteiger partial charge in [-0.3, -0.25) is 9.59 Å². The average molecular weight is 388 g/mol. The van der Waals surface area contributed by atoms with Gasteiger partial charge in [-0.2, -0.15) is 0 Å². The number of likely N-dealkylation sites (N-methyl/N-ethyl adjacent to an activating group) is 1. The van der Waals surface area contributed by atoms with Gasteiger partial charge in [0.1, 0.15) is 0 Å². The van der Waals surface area contributed by atoms with Crippen LogP contribution in [0.25, 0.3) is 0 Å². The second kappa shape index (κ2) is 7.06. The molecule has 1 N–H and O–H groups in total. The minimum atomic E-state index is -0.289. The summed E-state index contributed by atoms with van der Waals surface area (Å²) in [5.74, 6) is -0.258. The van der Waals surface area contributed by atoms with Gasteiger partial charge in [-0.15, -0.1) is 0 Å². The first-order chi connectivity index (χ1) is 9.23. The third-order valence-corrected chi connectivity index (χ3v) is 3.33. The molecule has 4 nitrogen and oxygen atoms in total. The summed E-state index contributed by atoms with van der Waals surface area (Å²) in [6.45, 7) is 8.21. The normalized spacial score (nSPS) is 11.1. The molecule has 0 spiro atoms. The Bertz CT molecular complexity index is 478. The highest BCUT2D eigenvalue weighted by atomic mass is 127. The monoisotopic (exact) mass is 388 g/mol. The fourth-order valence-corrected chi connectivity index (χ4v) is 2.09. The van der Waals surface area contributed by atoms with E-state index >= 15 is 0 Å². The summed E-state index contributed by atoms with van der Waals surface area (Å²) in [6.07, 6.45) is 0. The van der Waals surface area contributed by atoms with E-state index in [4.69, 9.17) is 0 Å². The number of hydrogen-bond acceptors (Lipinski definition) is 2. The summed E-state index contributed by atoms with van der Waals surface area (Å²) in [5.41, 5.74) is 0.318. The Balaban J connectivity index is 2.73. The molecule has 0 aliphatic carbocycles. The van der Waals surface area contributed by atoms with Crippen molar-refractivity contribution in [1.29, 1.82) is 0 Å². The fraction of sp³-hybridized carbons (Fsp3) is 0.467. The molecule has 2 amide bonds. The molecule has 0 unspecified atom stereocenters. The molecule has 0 fully saturated rings. The lowest BCUT2D eigenvalue weighted by Crippen LogP contribution is -2.47. The van der Waals surface area contributed by atoms with Crippen LogP contribution < -0.4 is 5.32 Å². The zero-order valence-corrected chi connectivity index (χ0v) is 14.5. The van der Waals surface area contributed by atoms with Crippen LogP contribution in [0.3, 0.4) is 0 Å². The molecule has 5 heteroatoms. The van der Waals surface area contributed by atoms with Gasteiger partial charge in [0.25, 0.3) is 5.91 Å². The van der Waals surface area contributed by atoms with E-state index in [1.165, 1.54) is 0 Å². The minimum absolute atomic E-state index is 0.0819. The quantitative estimate of drug-likeness (QED) is 0.807. The van der Waals surface area contributed by atoms with E-state index in [1.54, 1.807) is 17.0 Å². The van der Waals surface area contributed by atoms with Crippen LogP contribution in [0, 0.1) is 3.57 Å². The van der Waals surface area contributed by atoms with E-state index in [2.05, 4.69) is 27.9 Å². The molecule has 0 aliphatic rings. The molecular formula is C15H21IN2O2. The van der Waals surface area contributed by atoms with Crippen LogP contribution in [-0.2, 0) is 4.79 Å². The number of nitrogens with zero attached hydrogens (tertiary/aromatic N) is 1. The first-order valence-corrected chi connectivity index (χ1v) is 7.66. The Kier molecular flexibility index (Phi) is 5.98. The number of carbonyl (C=O) groups is 2. The van der Waals surface area contributed by atoms with Crippen LogP contribution in [0.2, 0.25) is 0 Å². The molecule has 0 aliphatic heterocycles. The summed E-state index contributed by atoms with van der Waals surface area (Å²) in [7, 11) is 0. The standard InChI is InChI=1S/C15H21IN2O2/c1-5-18(10-13(19)17-15(2,3)4)14(20)11-6-8-12(16)9-7-11/h6-9H,5,10H2,1-4H3,(H,17,19). The lowest BCUT2D eigenvalue weighted by Gasteiger charge is -2.25. The van der Waals surface area contributed by atoms with Gasteiger partial charge in [0.05, 0.1) is 6.54 Å². The SMILES string of the molecule is CCN(CC(=O)NC(C)(C)C)C(=O)c1ccc(I)cc1. The van der Waals surface area contributed by atoms with Gasteiger partial charge in [-0.1, -0.05) is 0 Å². The minimum Gasteiger partial charge on any atom is -0.350 e. The van der Waals surface area contributed by atoms with Crippen molar-refractivity contribution in [1.82, 2.24) is 10.2 Å². The summed E-state index contributed by atoms with van der Waals surface area (Å²) in [4.78, 5) is 25.8. The van der Waals surface area contributed by atoms with Gasteiger partial charge in [0.15, 0.2) is 0 Å². The molecule has 0 heterocycles. The molecule has 1 aromatic carbocycles. The van der Waals surface area contributed by atoms with Crippen molar-refractivity contribution < 1.29 is 9.59 Å². The van der Waals surface area contributed by atoms with Crippen molar-refractivity contribution in [2.24, 2.45) is 0 Å². The first-order valence-electron chi connectivity index (χ1n) is 6.59. The van der Waals surface area contributed by atoms with Crippen molar-refractivity contribution >= 4 is 34.4 Å². The van der Waals surface area contributed by atoms with E-state index in [-0.39, 0.29) is 23.9 Å². The first kappa shape index (κ1) is 16.9. The molecule has 110 valence electrons. The summed E-state index contributed by atoms with van der Waals surface area (Å²) in [6, 6.07) is 7.34. The molecule has 0 radical (unpaired) electrons. The smallest absolute Gasteiger partial charge is 0.254 e. The maximum Gasteiger partial charge on any atom is 0.254 e. The van der Waals surface area contributed by atoms with Crippen LogP contribution >= 0.6 is 22.6 Å². The van der Waals surface area contributed by atoms with Gasteiger partial charge in [-0.05, 0) is 74.6 Å². The largest absolute Gasteiger partial charge is 0.350 e. The topological polar surface area (TPSA) is 49.4 Å². The average Bonchev–Trinajstić information content (AvgIpc) is 2.34. The van der Waals surface area contributed by atoms with Crippen LogP contribution in [0.4, 0.5) is 0 Å². The number of benzene rings is 1.